The first kappa shape index (κ1) is 18.9. The molecule has 0 radical (unpaired) electrons. The van der Waals surface area contributed by atoms with E-state index in [1.807, 2.05) is 79.7 Å². The molecule has 30 heavy (non-hydrogen) atoms. The number of aromatic nitrogens is 2. The molecule has 6 heteroatoms. The van der Waals surface area contributed by atoms with Crippen LogP contribution in [0.1, 0.15) is 17.0 Å². The molecule has 0 atom stereocenters. The number of halogens is 1. The van der Waals surface area contributed by atoms with E-state index in [2.05, 4.69) is 22.6 Å². The Bertz CT molecular complexity index is 1370. The smallest absolute Gasteiger partial charge is 0.266 e. The molecule has 1 aliphatic heterocycles. The minimum Gasteiger partial charge on any atom is -0.454 e. The minimum absolute atomic E-state index is 0.0850. The van der Waals surface area contributed by atoms with Gasteiger partial charge in [0.2, 0.25) is 6.79 Å². The zero-order valence-corrected chi connectivity index (χ0v) is 18.3. The van der Waals surface area contributed by atoms with Crippen LogP contribution < -0.4 is 15.0 Å². The lowest BCUT2D eigenvalue weighted by Crippen LogP contribution is -2.23. The minimum atomic E-state index is -0.0850. The number of benzene rings is 3. The summed E-state index contributed by atoms with van der Waals surface area (Å²) in [6.07, 6.45) is 3.79. The number of fused-ring (bicyclic) bond motifs is 2. The van der Waals surface area contributed by atoms with Crippen LogP contribution >= 0.6 is 22.6 Å². The van der Waals surface area contributed by atoms with Gasteiger partial charge >= 0.3 is 0 Å². The van der Waals surface area contributed by atoms with Crippen molar-refractivity contribution in [1.29, 1.82) is 0 Å². The Morgan fingerprint density at radius 1 is 1.00 bits per heavy atom. The van der Waals surface area contributed by atoms with Crippen LogP contribution in [0, 0.1) is 10.5 Å². The van der Waals surface area contributed by atoms with E-state index in [1.54, 1.807) is 4.57 Å². The van der Waals surface area contributed by atoms with Gasteiger partial charge in [-0.3, -0.25) is 9.36 Å². The molecular formula is C24H17IN2O3. The molecule has 4 aromatic rings. The molecule has 1 aliphatic rings. The van der Waals surface area contributed by atoms with Crippen LogP contribution in [0.4, 0.5) is 0 Å². The van der Waals surface area contributed by atoms with Crippen molar-refractivity contribution in [3.8, 4) is 17.2 Å². The van der Waals surface area contributed by atoms with Gasteiger partial charge in [0, 0.05) is 3.57 Å². The molecule has 5 rings (SSSR count). The van der Waals surface area contributed by atoms with E-state index in [0.717, 1.165) is 31.9 Å². The summed E-state index contributed by atoms with van der Waals surface area (Å²) < 4.78 is 13.5. The van der Waals surface area contributed by atoms with Crippen molar-refractivity contribution >= 4 is 45.6 Å². The molecule has 0 saturated carbocycles. The average molecular weight is 508 g/mol. The van der Waals surface area contributed by atoms with E-state index < -0.39 is 0 Å². The highest BCUT2D eigenvalue weighted by Gasteiger charge is 2.14. The largest absolute Gasteiger partial charge is 0.454 e. The molecule has 1 aromatic heterocycles. The number of hydrogen-bond donors (Lipinski definition) is 0. The molecule has 2 heterocycles. The Morgan fingerprint density at radius 3 is 2.70 bits per heavy atom. The van der Waals surface area contributed by atoms with Gasteiger partial charge in [0.1, 0.15) is 5.82 Å². The molecule has 0 spiro atoms. The van der Waals surface area contributed by atoms with E-state index in [9.17, 15) is 4.79 Å². The summed E-state index contributed by atoms with van der Waals surface area (Å²) in [5.41, 5.74) is 3.35. The predicted molar refractivity (Wildman–Crippen MR) is 126 cm³/mol. The fourth-order valence-corrected chi connectivity index (χ4v) is 4.01. The van der Waals surface area contributed by atoms with E-state index in [1.165, 1.54) is 0 Å². The van der Waals surface area contributed by atoms with Gasteiger partial charge < -0.3 is 9.47 Å². The summed E-state index contributed by atoms with van der Waals surface area (Å²) in [4.78, 5) is 18.3. The monoisotopic (exact) mass is 508 g/mol. The summed E-state index contributed by atoms with van der Waals surface area (Å²) in [6, 6.07) is 19.3. The second-order valence-corrected chi connectivity index (χ2v) is 8.25. The number of nitrogens with zero attached hydrogens (tertiary/aromatic N) is 2. The van der Waals surface area contributed by atoms with E-state index >= 15 is 0 Å². The van der Waals surface area contributed by atoms with Gasteiger partial charge in [-0.05, 0) is 83.1 Å². The Labute approximate surface area is 186 Å². The van der Waals surface area contributed by atoms with Crippen LogP contribution in [0.3, 0.4) is 0 Å². The average Bonchev–Trinajstić information content (AvgIpc) is 3.22. The first-order valence-electron chi connectivity index (χ1n) is 9.46. The van der Waals surface area contributed by atoms with Crippen LogP contribution in [0.5, 0.6) is 11.5 Å². The standard InChI is InChI=1S/C24H17IN2O3/c1-15-4-2-3-5-20(15)27-23(26-19-9-8-17(25)13-18(19)24(27)28)11-7-16-6-10-21-22(12-16)30-14-29-21/h2-13H,14H2,1H3/b11-7+. The first-order valence-corrected chi connectivity index (χ1v) is 10.5. The molecule has 0 fully saturated rings. The van der Waals surface area contributed by atoms with Gasteiger partial charge in [-0.1, -0.05) is 30.3 Å². The molecule has 148 valence electrons. The van der Waals surface area contributed by atoms with E-state index in [-0.39, 0.29) is 12.4 Å². The molecule has 0 N–H and O–H groups in total. The van der Waals surface area contributed by atoms with Gasteiger partial charge in [0.25, 0.3) is 5.56 Å². The second-order valence-electron chi connectivity index (χ2n) is 7.00. The topological polar surface area (TPSA) is 53.4 Å². The second kappa shape index (κ2) is 7.60. The molecule has 0 bridgehead atoms. The Kier molecular flexibility index (Phi) is 4.78. The number of para-hydroxylation sites is 1. The van der Waals surface area contributed by atoms with Crippen molar-refractivity contribution in [2.24, 2.45) is 0 Å². The van der Waals surface area contributed by atoms with Crippen LogP contribution in [-0.4, -0.2) is 16.3 Å². The number of ether oxygens (including phenoxy) is 2. The molecule has 3 aromatic carbocycles. The van der Waals surface area contributed by atoms with Crippen LogP contribution in [-0.2, 0) is 0 Å². The highest BCUT2D eigenvalue weighted by atomic mass is 127. The van der Waals surface area contributed by atoms with Crippen LogP contribution in [0.2, 0.25) is 0 Å². The van der Waals surface area contributed by atoms with E-state index in [0.29, 0.717) is 16.7 Å². The number of aryl methyl sites for hydroxylation is 1. The lowest BCUT2D eigenvalue weighted by atomic mass is 10.1. The maximum atomic E-state index is 13.5. The van der Waals surface area contributed by atoms with Crippen molar-refractivity contribution in [2.75, 3.05) is 6.79 Å². The van der Waals surface area contributed by atoms with Crippen molar-refractivity contribution in [3.63, 3.8) is 0 Å². The third-order valence-electron chi connectivity index (χ3n) is 5.03. The number of rotatable bonds is 3. The lowest BCUT2D eigenvalue weighted by molar-refractivity contribution is 0.174. The third kappa shape index (κ3) is 3.37. The predicted octanol–water partition coefficient (Wildman–Crippen LogP) is 5.20. The molecular weight excluding hydrogens is 491 g/mol. The third-order valence-corrected chi connectivity index (χ3v) is 5.71. The highest BCUT2D eigenvalue weighted by Crippen LogP contribution is 2.33. The summed E-state index contributed by atoms with van der Waals surface area (Å²) in [7, 11) is 0. The van der Waals surface area contributed by atoms with Gasteiger partial charge in [-0.15, -0.1) is 0 Å². The fourth-order valence-electron chi connectivity index (χ4n) is 3.52. The van der Waals surface area contributed by atoms with Crippen molar-refractivity contribution < 1.29 is 9.47 Å². The summed E-state index contributed by atoms with van der Waals surface area (Å²) in [5.74, 6) is 2.03. The van der Waals surface area contributed by atoms with Crippen molar-refractivity contribution in [1.82, 2.24) is 9.55 Å². The van der Waals surface area contributed by atoms with Crippen molar-refractivity contribution in [2.45, 2.75) is 6.92 Å². The Balaban J connectivity index is 1.70. The summed E-state index contributed by atoms with van der Waals surface area (Å²) in [5, 5.41) is 0.602. The molecule has 0 aliphatic carbocycles. The Hall–Kier alpha value is -3.13. The van der Waals surface area contributed by atoms with Gasteiger partial charge in [0.15, 0.2) is 11.5 Å². The van der Waals surface area contributed by atoms with Crippen molar-refractivity contribution in [3.05, 3.63) is 91.5 Å². The van der Waals surface area contributed by atoms with Gasteiger partial charge in [0.05, 0.1) is 16.6 Å². The maximum absolute atomic E-state index is 13.5. The quantitative estimate of drug-likeness (QED) is 0.357. The summed E-state index contributed by atoms with van der Waals surface area (Å²) in [6.45, 7) is 2.23. The molecule has 0 saturated heterocycles. The van der Waals surface area contributed by atoms with Gasteiger partial charge in [-0.25, -0.2) is 4.98 Å². The number of hydrogen-bond acceptors (Lipinski definition) is 4. The normalized spacial score (nSPS) is 12.7. The SMILES string of the molecule is Cc1ccccc1-n1c(/C=C/c2ccc3c(c2)OCO3)nc2ccc(I)cc2c1=O. The molecule has 0 amide bonds. The Morgan fingerprint density at radius 2 is 1.83 bits per heavy atom. The first-order chi connectivity index (χ1) is 14.6. The van der Waals surface area contributed by atoms with Crippen LogP contribution in [0.15, 0.2) is 65.5 Å². The highest BCUT2D eigenvalue weighted by molar-refractivity contribution is 14.1. The fraction of sp³-hybridized carbons (Fsp3) is 0.0833. The zero-order chi connectivity index (χ0) is 20.7. The molecule has 0 unspecified atom stereocenters. The molecule has 5 nitrogen and oxygen atoms in total. The zero-order valence-electron chi connectivity index (χ0n) is 16.1. The van der Waals surface area contributed by atoms with E-state index in [4.69, 9.17) is 14.5 Å². The lowest BCUT2D eigenvalue weighted by Gasteiger charge is -2.13. The van der Waals surface area contributed by atoms with Crippen LogP contribution in [0.25, 0.3) is 28.7 Å². The maximum Gasteiger partial charge on any atom is 0.266 e. The van der Waals surface area contributed by atoms with Gasteiger partial charge in [-0.2, -0.15) is 0 Å². The summed E-state index contributed by atoms with van der Waals surface area (Å²) >= 11 is 2.21.